The van der Waals surface area contributed by atoms with E-state index in [9.17, 15) is 0 Å². The Morgan fingerprint density at radius 3 is 2.59 bits per heavy atom. The van der Waals surface area contributed by atoms with Gasteiger partial charge in [0.2, 0.25) is 0 Å². The molecule has 0 aliphatic rings. The Morgan fingerprint density at radius 1 is 1.18 bits per heavy atom. The van der Waals surface area contributed by atoms with E-state index in [1.807, 2.05) is 36.2 Å². The van der Waals surface area contributed by atoms with E-state index in [1.54, 1.807) is 0 Å². The van der Waals surface area contributed by atoms with Crippen molar-refractivity contribution >= 4 is 27.6 Å². The highest BCUT2D eigenvalue weighted by Crippen LogP contribution is 2.22. The molecule has 0 spiro atoms. The van der Waals surface area contributed by atoms with Crippen LogP contribution in [0.3, 0.4) is 0 Å². The van der Waals surface area contributed by atoms with E-state index in [4.69, 9.17) is 5.73 Å². The minimum atomic E-state index is 0.169. The average Bonchev–Trinajstić information content (AvgIpc) is 2.59. The second kappa shape index (κ2) is 7.99. The van der Waals surface area contributed by atoms with Gasteiger partial charge in [0, 0.05) is 12.7 Å². The molecule has 1 atom stereocenters. The van der Waals surface area contributed by atoms with Crippen molar-refractivity contribution in [3.8, 4) is 0 Å². The minimum Gasteiger partial charge on any atom is -0.370 e. The Balaban J connectivity index is 2.04. The zero-order valence-corrected chi connectivity index (χ0v) is 14.6. The smallest absolute Gasteiger partial charge is 0.195 e. The predicted octanol–water partition coefficient (Wildman–Crippen LogP) is 4.14. The van der Waals surface area contributed by atoms with Crippen LogP contribution < -0.4 is 10.6 Å². The maximum atomic E-state index is 6.12. The fourth-order valence-electron chi connectivity index (χ4n) is 2.16. The number of benzene rings is 2. The van der Waals surface area contributed by atoms with Crippen molar-refractivity contribution in [2.45, 2.75) is 18.2 Å². The summed E-state index contributed by atoms with van der Waals surface area (Å²) in [6.45, 7) is 2.75. The second-order valence-electron chi connectivity index (χ2n) is 5.16. The average molecular weight is 360 g/mol. The first-order chi connectivity index (χ1) is 10.6. The third-order valence-corrected chi connectivity index (χ3v) is 4.44. The van der Waals surface area contributed by atoms with E-state index in [1.165, 1.54) is 11.1 Å². The summed E-state index contributed by atoms with van der Waals surface area (Å²) >= 11 is 3.66. The number of aliphatic imine (C=N–C) groups is 1. The Bertz CT molecular complexity index is 625. The standard InChI is InChI=1S/C18H22BrN3/c1-3-14-8-7-11-16(12-14)22(2)18(20)21-13-17(19)15-9-5-4-6-10-15/h4-12,17H,3,13H2,1-2H3,(H2,20,21). The van der Waals surface area contributed by atoms with E-state index < -0.39 is 0 Å². The van der Waals surface area contributed by atoms with Gasteiger partial charge < -0.3 is 10.6 Å². The number of nitrogens with two attached hydrogens (primary N) is 1. The highest BCUT2D eigenvalue weighted by atomic mass is 79.9. The van der Waals surface area contributed by atoms with Gasteiger partial charge in [0.05, 0.1) is 11.4 Å². The molecule has 3 nitrogen and oxygen atoms in total. The molecule has 0 aliphatic heterocycles. The molecule has 2 aromatic rings. The lowest BCUT2D eigenvalue weighted by Gasteiger charge is -2.19. The molecular weight excluding hydrogens is 338 g/mol. The van der Waals surface area contributed by atoms with E-state index >= 15 is 0 Å². The van der Waals surface area contributed by atoms with Crippen LogP contribution in [0.1, 0.15) is 22.9 Å². The first-order valence-electron chi connectivity index (χ1n) is 7.43. The zero-order chi connectivity index (χ0) is 15.9. The summed E-state index contributed by atoms with van der Waals surface area (Å²) in [6.07, 6.45) is 1.01. The van der Waals surface area contributed by atoms with Crippen molar-refractivity contribution < 1.29 is 0 Å². The molecule has 0 aliphatic carbocycles. The van der Waals surface area contributed by atoms with Crippen LogP contribution >= 0.6 is 15.9 Å². The summed E-state index contributed by atoms with van der Waals surface area (Å²) in [5.74, 6) is 0.522. The summed E-state index contributed by atoms with van der Waals surface area (Å²) in [7, 11) is 1.94. The number of alkyl halides is 1. The molecule has 1 unspecified atom stereocenters. The normalized spacial score (nSPS) is 13.0. The quantitative estimate of drug-likeness (QED) is 0.495. The molecule has 2 aromatic carbocycles. The monoisotopic (exact) mass is 359 g/mol. The van der Waals surface area contributed by atoms with Crippen LogP contribution in [0.4, 0.5) is 5.69 Å². The predicted molar refractivity (Wildman–Crippen MR) is 98.8 cm³/mol. The molecular formula is C18H22BrN3. The fraction of sp³-hybridized carbons (Fsp3) is 0.278. The maximum Gasteiger partial charge on any atom is 0.195 e. The van der Waals surface area contributed by atoms with Crippen molar-refractivity contribution in [2.75, 3.05) is 18.5 Å². The first kappa shape index (κ1) is 16.6. The number of aryl methyl sites for hydroxylation is 1. The molecule has 0 amide bonds. The van der Waals surface area contributed by atoms with Crippen molar-refractivity contribution in [2.24, 2.45) is 10.7 Å². The molecule has 0 saturated carbocycles. The summed E-state index contributed by atoms with van der Waals surface area (Å²) < 4.78 is 0. The first-order valence-corrected chi connectivity index (χ1v) is 8.35. The fourth-order valence-corrected chi connectivity index (χ4v) is 2.61. The summed E-state index contributed by atoms with van der Waals surface area (Å²) in [4.78, 5) is 6.60. The van der Waals surface area contributed by atoms with Crippen LogP contribution in [0, 0.1) is 0 Å². The topological polar surface area (TPSA) is 41.6 Å². The number of hydrogen-bond donors (Lipinski definition) is 1. The zero-order valence-electron chi connectivity index (χ0n) is 13.0. The Kier molecular flexibility index (Phi) is 6.01. The van der Waals surface area contributed by atoms with E-state index in [-0.39, 0.29) is 4.83 Å². The number of rotatable bonds is 5. The number of guanidine groups is 1. The highest BCUT2D eigenvalue weighted by molar-refractivity contribution is 9.09. The van der Waals surface area contributed by atoms with E-state index in [2.05, 4.69) is 58.2 Å². The molecule has 0 radical (unpaired) electrons. The van der Waals surface area contributed by atoms with Gasteiger partial charge >= 0.3 is 0 Å². The lowest BCUT2D eigenvalue weighted by molar-refractivity contribution is 0.946. The van der Waals surface area contributed by atoms with Gasteiger partial charge in [-0.2, -0.15) is 0 Å². The molecule has 0 fully saturated rings. The third kappa shape index (κ3) is 4.34. The maximum absolute atomic E-state index is 6.12. The largest absolute Gasteiger partial charge is 0.370 e. The van der Waals surface area contributed by atoms with Crippen LogP contribution in [0.15, 0.2) is 59.6 Å². The third-order valence-electron chi connectivity index (χ3n) is 3.62. The van der Waals surface area contributed by atoms with Crippen LogP contribution in [-0.2, 0) is 6.42 Å². The van der Waals surface area contributed by atoms with Crippen LogP contribution in [0.2, 0.25) is 0 Å². The van der Waals surface area contributed by atoms with Gasteiger partial charge in [-0.1, -0.05) is 65.3 Å². The molecule has 2 N–H and O–H groups in total. The Morgan fingerprint density at radius 2 is 1.91 bits per heavy atom. The number of hydrogen-bond acceptors (Lipinski definition) is 1. The van der Waals surface area contributed by atoms with Gasteiger partial charge in [0.15, 0.2) is 5.96 Å². The van der Waals surface area contributed by atoms with Crippen LogP contribution in [0.25, 0.3) is 0 Å². The Hall–Kier alpha value is -1.81. The van der Waals surface area contributed by atoms with Crippen molar-refractivity contribution in [1.29, 1.82) is 0 Å². The molecule has 0 heterocycles. The molecule has 4 heteroatoms. The molecule has 2 rings (SSSR count). The van der Waals surface area contributed by atoms with Gasteiger partial charge in [-0.15, -0.1) is 0 Å². The lowest BCUT2D eigenvalue weighted by atomic mass is 10.1. The Labute approximate surface area is 141 Å². The van der Waals surface area contributed by atoms with Gasteiger partial charge in [-0.3, -0.25) is 4.99 Å². The van der Waals surface area contributed by atoms with E-state index in [0.717, 1.165) is 12.1 Å². The van der Waals surface area contributed by atoms with Crippen molar-refractivity contribution in [1.82, 2.24) is 0 Å². The highest BCUT2D eigenvalue weighted by Gasteiger charge is 2.09. The molecule has 116 valence electrons. The van der Waals surface area contributed by atoms with Gasteiger partial charge in [0.25, 0.3) is 0 Å². The number of anilines is 1. The van der Waals surface area contributed by atoms with Gasteiger partial charge in [0.1, 0.15) is 0 Å². The van der Waals surface area contributed by atoms with E-state index in [0.29, 0.717) is 12.5 Å². The van der Waals surface area contributed by atoms with Crippen LogP contribution in [0.5, 0.6) is 0 Å². The molecule has 0 bridgehead atoms. The second-order valence-corrected chi connectivity index (χ2v) is 6.26. The number of halogens is 1. The molecule has 22 heavy (non-hydrogen) atoms. The SMILES string of the molecule is CCc1cccc(N(C)C(N)=NCC(Br)c2ccccc2)c1. The summed E-state index contributed by atoms with van der Waals surface area (Å²) in [5.41, 5.74) is 9.68. The van der Waals surface area contributed by atoms with Crippen LogP contribution in [-0.4, -0.2) is 19.6 Å². The lowest BCUT2D eigenvalue weighted by Crippen LogP contribution is -2.34. The van der Waals surface area contributed by atoms with Crippen molar-refractivity contribution in [3.05, 3.63) is 65.7 Å². The van der Waals surface area contributed by atoms with Gasteiger partial charge in [-0.05, 0) is 29.7 Å². The summed E-state index contributed by atoms with van der Waals surface area (Å²) in [6, 6.07) is 18.6. The summed E-state index contributed by atoms with van der Waals surface area (Å²) in [5, 5.41) is 0. The van der Waals surface area contributed by atoms with Gasteiger partial charge in [-0.25, -0.2) is 0 Å². The minimum absolute atomic E-state index is 0.169. The molecule has 0 aromatic heterocycles. The van der Waals surface area contributed by atoms with Crippen molar-refractivity contribution in [3.63, 3.8) is 0 Å². The molecule has 0 saturated heterocycles. The number of nitrogens with zero attached hydrogens (tertiary/aromatic N) is 2.